The summed E-state index contributed by atoms with van der Waals surface area (Å²) in [6, 6.07) is 55.7. The molecule has 5 nitrogen and oxygen atoms in total. The number of nitrogens with zero attached hydrogens (tertiary/aromatic N) is 5. The van der Waals surface area contributed by atoms with Crippen molar-refractivity contribution < 1.29 is 0 Å². The van der Waals surface area contributed by atoms with Crippen LogP contribution >= 0.6 is 0 Å². The van der Waals surface area contributed by atoms with E-state index in [-0.39, 0.29) is 0 Å². The highest BCUT2D eigenvalue weighted by atomic mass is 15.0. The number of para-hydroxylation sites is 3. The summed E-state index contributed by atoms with van der Waals surface area (Å²) in [6.07, 6.45) is 0. The molecule has 0 unspecified atom stereocenters. The molecule has 50 heavy (non-hydrogen) atoms. The van der Waals surface area contributed by atoms with Gasteiger partial charge in [-0.3, -0.25) is 0 Å². The third-order valence-electron chi connectivity index (χ3n) is 9.59. The first-order valence-electron chi connectivity index (χ1n) is 16.3. The zero-order valence-electron chi connectivity index (χ0n) is 26.7. The quantitative estimate of drug-likeness (QED) is 0.181. The van der Waals surface area contributed by atoms with E-state index in [0.717, 1.165) is 77.2 Å². The number of aromatic nitrogens is 2. The van der Waals surface area contributed by atoms with E-state index in [2.05, 4.69) is 111 Å². The summed E-state index contributed by atoms with van der Waals surface area (Å²) in [5.41, 5.74) is 11.3. The molecule has 0 saturated carbocycles. The summed E-state index contributed by atoms with van der Waals surface area (Å²) in [7, 11) is 0. The van der Waals surface area contributed by atoms with Gasteiger partial charge in [0, 0.05) is 38.5 Å². The van der Waals surface area contributed by atoms with Crippen LogP contribution in [0.25, 0.3) is 82.1 Å². The predicted octanol–water partition coefficient (Wildman–Crippen LogP) is 11.5. The van der Waals surface area contributed by atoms with Crippen LogP contribution in [0.5, 0.6) is 0 Å². The van der Waals surface area contributed by atoms with E-state index in [1.807, 2.05) is 60.7 Å². The molecule has 230 valence electrons. The van der Waals surface area contributed by atoms with Crippen LogP contribution in [-0.2, 0) is 0 Å². The van der Waals surface area contributed by atoms with Crippen LogP contribution in [0.15, 0.2) is 152 Å². The standard InChI is InChI=1S/C45H25N5/c1-48-34-24-33(28-47)45(44(26-34)50-41-15-6-2-11-36(41)37-12-3-7-16-42(37)50)31-20-18-30(19-21-31)32-9-8-10-35(25-32)49-40-14-5-4-13-38(40)39-23-29(27-46)17-22-43(39)49/h2-26H. The van der Waals surface area contributed by atoms with Crippen molar-refractivity contribution in [2.45, 2.75) is 0 Å². The number of benzene rings is 7. The third kappa shape index (κ3) is 4.38. The van der Waals surface area contributed by atoms with Gasteiger partial charge in [0.25, 0.3) is 0 Å². The van der Waals surface area contributed by atoms with Crippen molar-refractivity contribution >= 4 is 49.3 Å². The predicted molar refractivity (Wildman–Crippen MR) is 202 cm³/mol. The fourth-order valence-electron chi connectivity index (χ4n) is 7.40. The van der Waals surface area contributed by atoms with Crippen LogP contribution < -0.4 is 0 Å². The van der Waals surface area contributed by atoms with Crippen molar-refractivity contribution in [3.63, 3.8) is 0 Å². The molecule has 9 rings (SSSR count). The fourth-order valence-corrected chi connectivity index (χ4v) is 7.40. The molecule has 0 aliphatic heterocycles. The zero-order chi connectivity index (χ0) is 33.8. The Morgan fingerprint density at radius 1 is 0.480 bits per heavy atom. The highest BCUT2D eigenvalue weighted by molar-refractivity contribution is 6.11. The van der Waals surface area contributed by atoms with Crippen molar-refractivity contribution in [1.29, 1.82) is 10.5 Å². The highest BCUT2D eigenvalue weighted by Gasteiger charge is 2.20. The summed E-state index contributed by atoms with van der Waals surface area (Å²) in [5, 5.41) is 24.3. The summed E-state index contributed by atoms with van der Waals surface area (Å²) < 4.78 is 4.43. The van der Waals surface area contributed by atoms with Gasteiger partial charge < -0.3 is 9.13 Å². The van der Waals surface area contributed by atoms with Crippen LogP contribution in [0, 0.1) is 29.2 Å². The second kappa shape index (κ2) is 11.4. The maximum absolute atomic E-state index is 10.4. The zero-order valence-corrected chi connectivity index (χ0v) is 26.7. The van der Waals surface area contributed by atoms with E-state index in [4.69, 9.17) is 6.57 Å². The molecule has 0 aliphatic rings. The molecular weight excluding hydrogens is 611 g/mol. The van der Waals surface area contributed by atoms with Crippen molar-refractivity contribution in [3.05, 3.63) is 174 Å². The molecule has 0 radical (unpaired) electrons. The number of rotatable bonds is 4. The average molecular weight is 636 g/mol. The van der Waals surface area contributed by atoms with Gasteiger partial charge in [-0.25, -0.2) is 4.85 Å². The first-order chi connectivity index (χ1) is 24.7. The van der Waals surface area contributed by atoms with Crippen molar-refractivity contribution in [2.24, 2.45) is 0 Å². The van der Waals surface area contributed by atoms with E-state index in [9.17, 15) is 10.5 Å². The lowest BCUT2D eigenvalue weighted by atomic mass is 9.95. The fraction of sp³-hybridized carbons (Fsp3) is 0. The largest absolute Gasteiger partial charge is 0.310 e. The minimum atomic E-state index is 0.421. The van der Waals surface area contributed by atoms with Gasteiger partial charge in [0.05, 0.1) is 51.9 Å². The Labute approximate surface area is 288 Å². The van der Waals surface area contributed by atoms with Gasteiger partial charge in [0.1, 0.15) is 0 Å². The molecule has 9 aromatic rings. The topological polar surface area (TPSA) is 61.8 Å². The Kier molecular flexibility index (Phi) is 6.56. The van der Waals surface area contributed by atoms with Gasteiger partial charge in [0.2, 0.25) is 0 Å². The van der Waals surface area contributed by atoms with Crippen LogP contribution in [0.2, 0.25) is 0 Å². The Bertz CT molecular complexity index is 2900. The van der Waals surface area contributed by atoms with E-state index >= 15 is 0 Å². The number of hydrogen-bond donors (Lipinski definition) is 0. The van der Waals surface area contributed by atoms with Crippen LogP contribution in [-0.4, -0.2) is 9.13 Å². The molecule has 7 aromatic carbocycles. The monoisotopic (exact) mass is 635 g/mol. The summed E-state index contributed by atoms with van der Waals surface area (Å²) >= 11 is 0. The molecule has 0 amide bonds. The van der Waals surface area contributed by atoms with Crippen molar-refractivity contribution in [3.8, 4) is 45.8 Å². The van der Waals surface area contributed by atoms with E-state index in [1.54, 1.807) is 6.07 Å². The number of fused-ring (bicyclic) bond motifs is 6. The molecule has 0 spiro atoms. The molecule has 0 bridgehead atoms. The van der Waals surface area contributed by atoms with Crippen molar-refractivity contribution in [2.75, 3.05) is 0 Å². The van der Waals surface area contributed by atoms with Crippen LogP contribution in [0.3, 0.4) is 0 Å². The van der Waals surface area contributed by atoms with Crippen LogP contribution in [0.1, 0.15) is 11.1 Å². The Morgan fingerprint density at radius 3 is 1.72 bits per heavy atom. The Morgan fingerprint density at radius 2 is 1.08 bits per heavy atom. The molecule has 2 aromatic heterocycles. The first kappa shape index (κ1) is 28.8. The molecule has 0 N–H and O–H groups in total. The van der Waals surface area contributed by atoms with E-state index in [0.29, 0.717) is 16.8 Å². The molecular formula is C45H25N5. The highest BCUT2D eigenvalue weighted by Crippen LogP contribution is 2.41. The minimum Gasteiger partial charge on any atom is -0.310 e. The normalized spacial score (nSPS) is 11.1. The maximum atomic E-state index is 10.4. The van der Waals surface area contributed by atoms with Gasteiger partial charge in [0.15, 0.2) is 5.69 Å². The molecule has 0 atom stereocenters. The molecule has 0 fully saturated rings. The van der Waals surface area contributed by atoms with E-state index in [1.165, 1.54) is 0 Å². The summed E-state index contributed by atoms with van der Waals surface area (Å²) in [6.45, 7) is 7.83. The van der Waals surface area contributed by atoms with Gasteiger partial charge >= 0.3 is 0 Å². The lowest BCUT2D eigenvalue weighted by molar-refractivity contribution is 1.18. The molecule has 5 heteroatoms. The second-order valence-electron chi connectivity index (χ2n) is 12.3. The smallest absolute Gasteiger partial charge is 0.190 e. The number of nitriles is 2. The SMILES string of the molecule is [C-]#[N+]c1cc(C#N)c(-c2ccc(-c3cccc(-n4c5ccccc5c5cc(C#N)ccc54)c3)cc2)c(-n2c3ccccc3c3ccccc32)c1. The molecule has 2 heterocycles. The first-order valence-corrected chi connectivity index (χ1v) is 16.3. The maximum Gasteiger partial charge on any atom is 0.190 e. The Hall–Kier alpha value is -7.39. The minimum absolute atomic E-state index is 0.421. The Balaban J connectivity index is 1.19. The third-order valence-corrected chi connectivity index (χ3v) is 9.59. The summed E-state index contributed by atoms with van der Waals surface area (Å²) in [4.78, 5) is 3.74. The van der Waals surface area contributed by atoms with E-state index < -0.39 is 0 Å². The van der Waals surface area contributed by atoms with Gasteiger partial charge in [-0.05, 0) is 77.4 Å². The van der Waals surface area contributed by atoms with Gasteiger partial charge in [-0.15, -0.1) is 0 Å². The van der Waals surface area contributed by atoms with Crippen LogP contribution in [0.4, 0.5) is 5.69 Å². The average Bonchev–Trinajstić information content (AvgIpc) is 3.70. The molecule has 0 aliphatic carbocycles. The van der Waals surface area contributed by atoms with Crippen molar-refractivity contribution in [1.82, 2.24) is 9.13 Å². The van der Waals surface area contributed by atoms with Gasteiger partial charge in [-0.1, -0.05) is 91.0 Å². The van der Waals surface area contributed by atoms with Gasteiger partial charge in [-0.2, -0.15) is 10.5 Å². The lowest BCUT2D eigenvalue weighted by Gasteiger charge is -2.17. The summed E-state index contributed by atoms with van der Waals surface area (Å²) in [5.74, 6) is 0. The lowest BCUT2D eigenvalue weighted by Crippen LogP contribution is -1.99. The molecule has 0 saturated heterocycles. The second-order valence-corrected chi connectivity index (χ2v) is 12.3. The number of hydrogen-bond acceptors (Lipinski definition) is 2.